The number of hydrogen-bond donors (Lipinski definition) is 2. The first-order chi connectivity index (χ1) is 7.62. The Bertz CT molecular complexity index is 332. The number of guanidine groups is 1. The zero-order valence-corrected chi connectivity index (χ0v) is 9.67. The van der Waals surface area contributed by atoms with Gasteiger partial charge in [0.2, 0.25) is 17.8 Å². The summed E-state index contributed by atoms with van der Waals surface area (Å²) in [5, 5.41) is 5.38. The van der Waals surface area contributed by atoms with E-state index < -0.39 is 5.41 Å². The molecule has 2 aliphatic rings. The molecule has 5 nitrogen and oxygen atoms in total. The van der Waals surface area contributed by atoms with Crippen LogP contribution < -0.4 is 10.6 Å². The molecule has 88 valence electrons. The Labute approximate surface area is 94.7 Å². The molecule has 0 atom stereocenters. The number of carbonyl (C=O) groups excluding carboxylic acids is 2. The molecule has 2 fully saturated rings. The van der Waals surface area contributed by atoms with Crippen LogP contribution in [0.2, 0.25) is 0 Å². The summed E-state index contributed by atoms with van der Waals surface area (Å²) in [5.74, 6) is -0.115. The van der Waals surface area contributed by atoms with Crippen molar-refractivity contribution in [3.05, 3.63) is 0 Å². The summed E-state index contributed by atoms with van der Waals surface area (Å²) < 4.78 is 0. The number of aliphatic imine (C=N–C) groups is 1. The van der Waals surface area contributed by atoms with Gasteiger partial charge in [-0.25, -0.2) is 4.99 Å². The Kier molecular flexibility index (Phi) is 2.69. The van der Waals surface area contributed by atoms with Crippen molar-refractivity contribution >= 4 is 17.8 Å². The molecule has 0 aromatic heterocycles. The molecule has 0 bridgehead atoms. The largest absolute Gasteiger partial charge is 0.295 e. The normalized spacial score (nSPS) is 23.8. The Balaban J connectivity index is 2.18. The molecule has 0 spiro atoms. The molecule has 0 aromatic carbocycles. The van der Waals surface area contributed by atoms with Gasteiger partial charge in [0.1, 0.15) is 5.41 Å². The van der Waals surface area contributed by atoms with Crippen LogP contribution in [0.15, 0.2) is 4.99 Å². The summed E-state index contributed by atoms with van der Waals surface area (Å²) >= 11 is 0. The zero-order valence-electron chi connectivity index (χ0n) is 9.67. The second-order valence-corrected chi connectivity index (χ2v) is 4.41. The van der Waals surface area contributed by atoms with E-state index in [1.165, 1.54) is 0 Å². The molecule has 0 radical (unpaired) electrons. The lowest BCUT2D eigenvalue weighted by atomic mass is 9.79. The van der Waals surface area contributed by atoms with E-state index in [1.807, 2.05) is 13.8 Å². The van der Waals surface area contributed by atoms with Crippen LogP contribution in [-0.2, 0) is 9.59 Å². The Morgan fingerprint density at radius 1 is 1.19 bits per heavy atom. The molecular formula is C11H17N3O2. The van der Waals surface area contributed by atoms with Crippen LogP contribution in [0.5, 0.6) is 0 Å². The molecule has 1 aliphatic carbocycles. The van der Waals surface area contributed by atoms with Crippen LogP contribution in [0.1, 0.15) is 39.5 Å². The Morgan fingerprint density at radius 3 is 2.06 bits per heavy atom. The highest BCUT2D eigenvalue weighted by Crippen LogP contribution is 2.29. The van der Waals surface area contributed by atoms with Gasteiger partial charge >= 0.3 is 0 Å². The van der Waals surface area contributed by atoms with E-state index in [2.05, 4.69) is 15.6 Å². The van der Waals surface area contributed by atoms with Crippen LogP contribution in [0.25, 0.3) is 0 Å². The van der Waals surface area contributed by atoms with Crippen LogP contribution in [0.4, 0.5) is 0 Å². The minimum Gasteiger partial charge on any atom is -0.295 e. The molecule has 2 N–H and O–H groups in total. The standard InChI is InChI=1S/C11H17N3O2/c1-3-11(4-2)8(15)13-10(14-9(11)16)12-7-5-6-7/h7H,3-6H2,1-2H3,(H2,12,13,14,15,16). The first-order valence-electron chi connectivity index (χ1n) is 5.83. The second kappa shape index (κ2) is 3.88. The van der Waals surface area contributed by atoms with E-state index in [4.69, 9.17) is 0 Å². The van der Waals surface area contributed by atoms with E-state index in [0.717, 1.165) is 12.8 Å². The maximum absolute atomic E-state index is 11.9. The maximum Gasteiger partial charge on any atom is 0.242 e. The minimum absolute atomic E-state index is 0.222. The fourth-order valence-electron chi connectivity index (χ4n) is 1.93. The smallest absolute Gasteiger partial charge is 0.242 e. The molecule has 2 rings (SSSR count). The third-order valence-corrected chi connectivity index (χ3v) is 3.40. The van der Waals surface area contributed by atoms with Crippen molar-refractivity contribution in [1.82, 2.24) is 10.6 Å². The Hall–Kier alpha value is -1.39. The summed E-state index contributed by atoms with van der Waals surface area (Å²) in [6.45, 7) is 3.71. The lowest BCUT2D eigenvalue weighted by Crippen LogP contribution is -2.62. The lowest BCUT2D eigenvalue weighted by molar-refractivity contribution is -0.144. The summed E-state index contributed by atoms with van der Waals surface area (Å²) in [5.41, 5.74) is -0.914. The van der Waals surface area contributed by atoms with Gasteiger partial charge in [-0.3, -0.25) is 20.2 Å². The summed E-state index contributed by atoms with van der Waals surface area (Å²) in [7, 11) is 0. The average Bonchev–Trinajstić information content (AvgIpc) is 3.03. The highest BCUT2D eigenvalue weighted by atomic mass is 16.2. The number of nitrogens with zero attached hydrogens (tertiary/aromatic N) is 1. The molecule has 16 heavy (non-hydrogen) atoms. The van der Waals surface area contributed by atoms with Gasteiger partial charge in [0.05, 0.1) is 6.04 Å². The van der Waals surface area contributed by atoms with Crippen LogP contribution in [-0.4, -0.2) is 23.8 Å². The number of amides is 2. The van der Waals surface area contributed by atoms with Gasteiger partial charge in [0.25, 0.3) is 0 Å². The van der Waals surface area contributed by atoms with Gasteiger partial charge in [0, 0.05) is 0 Å². The summed E-state index contributed by atoms with van der Waals surface area (Å²) in [6, 6.07) is 0.284. The second-order valence-electron chi connectivity index (χ2n) is 4.41. The van der Waals surface area contributed by atoms with Crippen molar-refractivity contribution in [2.45, 2.75) is 45.6 Å². The first kappa shape index (κ1) is 11.1. The predicted molar refractivity (Wildman–Crippen MR) is 59.8 cm³/mol. The van der Waals surface area contributed by atoms with Gasteiger partial charge < -0.3 is 0 Å². The Morgan fingerprint density at radius 2 is 1.69 bits per heavy atom. The van der Waals surface area contributed by atoms with E-state index >= 15 is 0 Å². The lowest BCUT2D eigenvalue weighted by Gasteiger charge is -2.33. The number of rotatable bonds is 3. The van der Waals surface area contributed by atoms with Crippen molar-refractivity contribution in [3.63, 3.8) is 0 Å². The SMILES string of the molecule is CCC1(CC)C(=O)NC(=NC2CC2)NC1=O. The molecule has 5 heteroatoms. The van der Waals surface area contributed by atoms with Gasteiger partial charge in [-0.2, -0.15) is 0 Å². The van der Waals surface area contributed by atoms with Crippen LogP contribution >= 0.6 is 0 Å². The number of nitrogens with one attached hydrogen (secondary N) is 2. The highest BCUT2D eigenvalue weighted by molar-refractivity contribution is 6.20. The molecule has 1 saturated carbocycles. The minimum atomic E-state index is -0.914. The predicted octanol–water partition coefficient (Wildman–Crippen LogP) is 0.557. The molecule has 0 aromatic rings. The van der Waals surface area contributed by atoms with Crippen molar-refractivity contribution < 1.29 is 9.59 Å². The summed E-state index contributed by atoms with van der Waals surface area (Å²) in [6.07, 6.45) is 3.11. The summed E-state index contributed by atoms with van der Waals surface area (Å²) in [4.78, 5) is 28.1. The first-order valence-corrected chi connectivity index (χ1v) is 5.83. The van der Waals surface area contributed by atoms with Crippen molar-refractivity contribution in [2.75, 3.05) is 0 Å². The van der Waals surface area contributed by atoms with Crippen molar-refractivity contribution in [3.8, 4) is 0 Å². The van der Waals surface area contributed by atoms with E-state index in [9.17, 15) is 9.59 Å². The van der Waals surface area contributed by atoms with Crippen molar-refractivity contribution in [2.24, 2.45) is 10.4 Å². The highest BCUT2D eigenvalue weighted by Gasteiger charge is 2.46. The van der Waals surface area contributed by atoms with Gasteiger partial charge in [-0.1, -0.05) is 13.8 Å². The van der Waals surface area contributed by atoms with Gasteiger partial charge in [-0.05, 0) is 25.7 Å². The van der Waals surface area contributed by atoms with Crippen LogP contribution in [0, 0.1) is 5.41 Å². The van der Waals surface area contributed by atoms with Crippen molar-refractivity contribution in [1.29, 1.82) is 0 Å². The molecule has 2 amide bonds. The average molecular weight is 223 g/mol. The van der Waals surface area contributed by atoms with Gasteiger partial charge in [-0.15, -0.1) is 0 Å². The number of carbonyl (C=O) groups is 2. The van der Waals surface area contributed by atoms with E-state index in [-0.39, 0.29) is 17.9 Å². The molecule has 1 aliphatic heterocycles. The molecular weight excluding hydrogens is 206 g/mol. The topological polar surface area (TPSA) is 70.6 Å². The monoisotopic (exact) mass is 223 g/mol. The zero-order chi connectivity index (χ0) is 11.8. The van der Waals surface area contributed by atoms with Gasteiger partial charge in [0.15, 0.2) is 0 Å². The third-order valence-electron chi connectivity index (χ3n) is 3.40. The quantitative estimate of drug-likeness (QED) is 0.686. The van der Waals surface area contributed by atoms with E-state index in [0.29, 0.717) is 18.8 Å². The maximum atomic E-state index is 11.9. The third kappa shape index (κ3) is 1.70. The number of hydrogen-bond acceptors (Lipinski definition) is 3. The fraction of sp³-hybridized carbons (Fsp3) is 0.727. The molecule has 0 unspecified atom stereocenters. The molecule has 1 saturated heterocycles. The fourth-order valence-corrected chi connectivity index (χ4v) is 1.93. The van der Waals surface area contributed by atoms with Crippen LogP contribution in [0.3, 0.4) is 0 Å². The van der Waals surface area contributed by atoms with E-state index in [1.54, 1.807) is 0 Å². The molecule has 1 heterocycles.